The number of halogens is 2. The fourth-order valence-corrected chi connectivity index (χ4v) is 2.14. The van der Waals surface area contributed by atoms with Crippen LogP contribution in [0, 0.1) is 11.8 Å². The Balaban J connectivity index is 1.73. The number of nitrogens with zero attached hydrogens (tertiary/aromatic N) is 1. The molecule has 1 heterocycles. The monoisotopic (exact) mass is 339 g/mol. The molecule has 0 bridgehead atoms. The van der Waals surface area contributed by atoms with Gasteiger partial charge in [0, 0.05) is 23.4 Å². The van der Waals surface area contributed by atoms with Crippen LogP contribution in [0.15, 0.2) is 66.9 Å². The average Bonchev–Trinajstić information content (AvgIpc) is 2.62. The first kappa shape index (κ1) is 16.4. The molecule has 0 aliphatic heterocycles. The highest BCUT2D eigenvalue weighted by atomic mass is 19.1. The SMILES string of the molecule is O=C(Oc1ccc(C(=O)c2ccc(F)cc2)cc1)c1ccnc(F)c1. The molecule has 0 fully saturated rings. The van der Waals surface area contributed by atoms with Crippen LogP contribution in [0.2, 0.25) is 0 Å². The van der Waals surface area contributed by atoms with E-state index in [1.807, 2.05) is 0 Å². The summed E-state index contributed by atoms with van der Waals surface area (Å²) in [6, 6.07) is 13.4. The maximum Gasteiger partial charge on any atom is 0.343 e. The molecule has 2 aromatic carbocycles. The third-order valence-corrected chi connectivity index (χ3v) is 3.40. The lowest BCUT2D eigenvalue weighted by molar-refractivity contribution is 0.0734. The fourth-order valence-electron chi connectivity index (χ4n) is 2.14. The van der Waals surface area contributed by atoms with Crippen molar-refractivity contribution in [2.24, 2.45) is 0 Å². The van der Waals surface area contributed by atoms with E-state index in [2.05, 4.69) is 4.98 Å². The zero-order valence-corrected chi connectivity index (χ0v) is 12.8. The molecule has 0 radical (unpaired) electrons. The van der Waals surface area contributed by atoms with Crippen LogP contribution in [-0.2, 0) is 0 Å². The number of ether oxygens (including phenoxy) is 1. The zero-order valence-electron chi connectivity index (χ0n) is 12.8. The number of rotatable bonds is 4. The first-order chi connectivity index (χ1) is 12.0. The van der Waals surface area contributed by atoms with E-state index in [-0.39, 0.29) is 17.1 Å². The van der Waals surface area contributed by atoms with Crippen LogP contribution >= 0.6 is 0 Å². The first-order valence-electron chi connectivity index (χ1n) is 7.27. The summed E-state index contributed by atoms with van der Waals surface area (Å²) < 4.78 is 31.0. The highest BCUT2D eigenvalue weighted by Gasteiger charge is 2.12. The second kappa shape index (κ2) is 7.00. The summed E-state index contributed by atoms with van der Waals surface area (Å²) in [4.78, 5) is 27.5. The van der Waals surface area contributed by atoms with Crippen molar-refractivity contribution in [1.82, 2.24) is 4.98 Å². The Labute approximate surface area is 141 Å². The Morgan fingerprint density at radius 3 is 2.00 bits per heavy atom. The molecule has 0 saturated carbocycles. The molecular weight excluding hydrogens is 328 g/mol. The van der Waals surface area contributed by atoms with Crippen molar-refractivity contribution in [3.05, 3.63) is 95.3 Å². The van der Waals surface area contributed by atoms with Crippen LogP contribution < -0.4 is 4.74 Å². The van der Waals surface area contributed by atoms with E-state index in [1.54, 1.807) is 0 Å². The number of carbonyl (C=O) groups excluding carboxylic acids is 2. The van der Waals surface area contributed by atoms with Crippen LogP contribution in [0.1, 0.15) is 26.3 Å². The van der Waals surface area contributed by atoms with Crippen molar-refractivity contribution in [3.8, 4) is 5.75 Å². The minimum Gasteiger partial charge on any atom is -0.423 e. The number of hydrogen-bond donors (Lipinski definition) is 0. The minimum absolute atomic E-state index is 0.0268. The van der Waals surface area contributed by atoms with Gasteiger partial charge in [0.25, 0.3) is 0 Å². The Morgan fingerprint density at radius 2 is 1.40 bits per heavy atom. The van der Waals surface area contributed by atoms with E-state index in [0.717, 1.165) is 12.3 Å². The predicted molar refractivity (Wildman–Crippen MR) is 85.4 cm³/mol. The van der Waals surface area contributed by atoms with Crippen LogP contribution in [0.5, 0.6) is 5.75 Å². The smallest absolute Gasteiger partial charge is 0.343 e. The van der Waals surface area contributed by atoms with Crippen LogP contribution in [0.3, 0.4) is 0 Å². The molecule has 0 saturated heterocycles. The summed E-state index contributed by atoms with van der Waals surface area (Å²) in [6.45, 7) is 0. The number of pyridine rings is 1. The van der Waals surface area contributed by atoms with Gasteiger partial charge < -0.3 is 4.74 Å². The lowest BCUT2D eigenvalue weighted by Crippen LogP contribution is -2.09. The number of hydrogen-bond acceptors (Lipinski definition) is 4. The van der Waals surface area contributed by atoms with Crippen molar-refractivity contribution < 1.29 is 23.1 Å². The third-order valence-electron chi connectivity index (χ3n) is 3.40. The standard InChI is InChI=1S/C19H11F2NO3/c20-15-5-1-12(2-6-15)18(23)13-3-7-16(8-4-13)25-19(24)14-9-10-22-17(21)11-14/h1-11H. The Kier molecular flexibility index (Phi) is 4.61. The largest absolute Gasteiger partial charge is 0.423 e. The molecule has 0 aliphatic rings. The number of carbonyl (C=O) groups is 2. The van der Waals surface area contributed by atoms with Gasteiger partial charge in [-0.25, -0.2) is 14.2 Å². The lowest BCUT2D eigenvalue weighted by atomic mass is 10.0. The first-order valence-corrected chi connectivity index (χ1v) is 7.27. The summed E-state index contributed by atoms with van der Waals surface area (Å²) in [6.07, 6.45) is 1.16. The molecule has 25 heavy (non-hydrogen) atoms. The van der Waals surface area contributed by atoms with Gasteiger partial charge in [0.1, 0.15) is 11.6 Å². The van der Waals surface area contributed by atoms with Gasteiger partial charge in [0.05, 0.1) is 5.56 Å². The van der Waals surface area contributed by atoms with E-state index in [9.17, 15) is 18.4 Å². The van der Waals surface area contributed by atoms with Crippen LogP contribution in [0.25, 0.3) is 0 Å². The maximum atomic E-state index is 13.0. The summed E-state index contributed by atoms with van der Waals surface area (Å²) in [5, 5.41) is 0. The normalized spacial score (nSPS) is 10.3. The number of benzene rings is 2. The van der Waals surface area contributed by atoms with Crippen molar-refractivity contribution in [1.29, 1.82) is 0 Å². The number of aromatic nitrogens is 1. The molecule has 3 rings (SSSR count). The van der Waals surface area contributed by atoms with Gasteiger partial charge in [-0.3, -0.25) is 4.79 Å². The highest BCUT2D eigenvalue weighted by Crippen LogP contribution is 2.17. The maximum absolute atomic E-state index is 13.0. The van der Waals surface area contributed by atoms with Gasteiger partial charge in [-0.1, -0.05) is 0 Å². The average molecular weight is 339 g/mol. The number of esters is 1. The Morgan fingerprint density at radius 1 is 0.800 bits per heavy atom. The summed E-state index contributed by atoms with van der Waals surface area (Å²) in [5.74, 6) is -2.02. The Hall–Kier alpha value is -3.41. The molecule has 0 atom stereocenters. The molecule has 0 spiro atoms. The van der Waals surface area contributed by atoms with Gasteiger partial charge in [0.2, 0.25) is 5.95 Å². The van der Waals surface area contributed by atoms with Crippen molar-refractivity contribution in [2.45, 2.75) is 0 Å². The van der Waals surface area contributed by atoms with E-state index in [0.29, 0.717) is 11.1 Å². The van der Waals surface area contributed by atoms with Crippen molar-refractivity contribution >= 4 is 11.8 Å². The predicted octanol–water partition coefficient (Wildman–Crippen LogP) is 3.81. The lowest BCUT2D eigenvalue weighted by Gasteiger charge is -2.06. The molecule has 0 amide bonds. The summed E-state index contributed by atoms with van der Waals surface area (Å²) >= 11 is 0. The molecule has 0 N–H and O–H groups in total. The highest BCUT2D eigenvalue weighted by molar-refractivity contribution is 6.09. The molecule has 0 unspecified atom stereocenters. The van der Waals surface area contributed by atoms with Crippen molar-refractivity contribution in [2.75, 3.05) is 0 Å². The van der Waals surface area contributed by atoms with Gasteiger partial charge in [-0.15, -0.1) is 0 Å². The second-order valence-corrected chi connectivity index (χ2v) is 5.12. The molecule has 6 heteroatoms. The topological polar surface area (TPSA) is 56.3 Å². The molecule has 4 nitrogen and oxygen atoms in total. The zero-order chi connectivity index (χ0) is 17.8. The van der Waals surface area contributed by atoms with Crippen molar-refractivity contribution in [3.63, 3.8) is 0 Å². The fraction of sp³-hybridized carbons (Fsp3) is 0. The molecule has 1 aromatic heterocycles. The van der Waals surface area contributed by atoms with E-state index in [1.165, 1.54) is 54.6 Å². The van der Waals surface area contributed by atoms with Crippen LogP contribution in [-0.4, -0.2) is 16.7 Å². The van der Waals surface area contributed by atoms with Gasteiger partial charge in [-0.2, -0.15) is 4.39 Å². The summed E-state index contributed by atoms with van der Waals surface area (Å²) in [5.41, 5.74) is 0.735. The van der Waals surface area contributed by atoms with E-state index < -0.39 is 17.7 Å². The van der Waals surface area contributed by atoms with Gasteiger partial charge in [0.15, 0.2) is 5.78 Å². The molecule has 0 aliphatic carbocycles. The van der Waals surface area contributed by atoms with E-state index >= 15 is 0 Å². The van der Waals surface area contributed by atoms with Gasteiger partial charge in [-0.05, 0) is 54.6 Å². The minimum atomic E-state index is -0.783. The summed E-state index contributed by atoms with van der Waals surface area (Å²) in [7, 11) is 0. The Bertz CT molecular complexity index is 922. The number of ketones is 1. The quantitative estimate of drug-likeness (QED) is 0.314. The molecular formula is C19H11F2NO3. The van der Waals surface area contributed by atoms with Crippen LogP contribution in [0.4, 0.5) is 8.78 Å². The third kappa shape index (κ3) is 3.92. The molecule has 124 valence electrons. The molecule has 3 aromatic rings. The van der Waals surface area contributed by atoms with E-state index in [4.69, 9.17) is 4.74 Å². The second-order valence-electron chi connectivity index (χ2n) is 5.12. The van der Waals surface area contributed by atoms with Gasteiger partial charge >= 0.3 is 5.97 Å².